The fourth-order valence-corrected chi connectivity index (χ4v) is 2.80. The van der Waals surface area contributed by atoms with E-state index in [1.54, 1.807) is 12.1 Å². The summed E-state index contributed by atoms with van der Waals surface area (Å²) in [5.74, 6) is -1.37. The average Bonchev–Trinajstić information content (AvgIpc) is 3.15. The number of aliphatic hydroxyl groups is 1. The molecule has 28 heavy (non-hydrogen) atoms. The molecule has 0 unspecified atom stereocenters. The first-order valence-electron chi connectivity index (χ1n) is 8.47. The van der Waals surface area contributed by atoms with E-state index < -0.39 is 17.6 Å². The van der Waals surface area contributed by atoms with Crippen molar-refractivity contribution in [3.8, 4) is 22.9 Å². The van der Waals surface area contributed by atoms with Gasteiger partial charge < -0.3 is 15.3 Å². The summed E-state index contributed by atoms with van der Waals surface area (Å²) in [7, 11) is 0. The Bertz CT molecular complexity index is 970. The summed E-state index contributed by atoms with van der Waals surface area (Å²) in [4.78, 5) is 0. The maximum atomic E-state index is 13.8. The lowest BCUT2D eigenvalue weighted by Gasteiger charge is -2.08. The van der Waals surface area contributed by atoms with Crippen LogP contribution in [0.1, 0.15) is 23.1 Å². The SMILES string of the molecule is NCc1cc(-c2nnc(-c3ccc(C(F)(F)F)c(F)c3)o2)ccc1CCCO. The minimum Gasteiger partial charge on any atom is -0.416 e. The zero-order valence-corrected chi connectivity index (χ0v) is 14.6. The number of nitrogens with two attached hydrogens (primary N) is 1. The average molecular weight is 395 g/mol. The van der Waals surface area contributed by atoms with Crippen LogP contribution in [0.3, 0.4) is 0 Å². The normalized spacial score (nSPS) is 11.8. The lowest BCUT2D eigenvalue weighted by molar-refractivity contribution is -0.139. The Morgan fingerprint density at radius 1 is 0.964 bits per heavy atom. The molecule has 9 heteroatoms. The van der Waals surface area contributed by atoms with Crippen LogP contribution < -0.4 is 5.73 Å². The number of rotatable bonds is 6. The summed E-state index contributed by atoms with van der Waals surface area (Å²) in [6.45, 7) is 0.349. The van der Waals surface area contributed by atoms with E-state index in [1.807, 2.05) is 6.07 Å². The highest BCUT2D eigenvalue weighted by atomic mass is 19.4. The second-order valence-corrected chi connectivity index (χ2v) is 6.12. The first-order chi connectivity index (χ1) is 13.3. The van der Waals surface area contributed by atoms with Gasteiger partial charge in [-0.2, -0.15) is 13.2 Å². The molecular formula is C19H17F4N3O2. The highest BCUT2D eigenvalue weighted by Crippen LogP contribution is 2.34. The number of hydrogen-bond donors (Lipinski definition) is 2. The van der Waals surface area contributed by atoms with Gasteiger partial charge in [0.15, 0.2) is 0 Å². The van der Waals surface area contributed by atoms with E-state index in [0.29, 0.717) is 30.5 Å². The van der Waals surface area contributed by atoms with Crippen molar-refractivity contribution in [1.82, 2.24) is 10.2 Å². The predicted molar refractivity (Wildman–Crippen MR) is 93.4 cm³/mol. The maximum Gasteiger partial charge on any atom is 0.419 e. The van der Waals surface area contributed by atoms with Gasteiger partial charge >= 0.3 is 6.18 Å². The molecule has 3 rings (SSSR count). The number of halogens is 4. The van der Waals surface area contributed by atoms with Crippen molar-refractivity contribution in [3.63, 3.8) is 0 Å². The number of benzene rings is 2. The molecule has 0 aliphatic rings. The Hall–Kier alpha value is -2.78. The summed E-state index contributed by atoms with van der Waals surface area (Å²) >= 11 is 0. The number of alkyl halides is 3. The van der Waals surface area contributed by atoms with Crippen LogP contribution in [0, 0.1) is 5.82 Å². The van der Waals surface area contributed by atoms with Crippen molar-refractivity contribution >= 4 is 0 Å². The van der Waals surface area contributed by atoms with Crippen molar-refractivity contribution < 1.29 is 27.1 Å². The quantitative estimate of drug-likeness (QED) is 0.618. The van der Waals surface area contributed by atoms with Gasteiger partial charge in [0.2, 0.25) is 11.8 Å². The summed E-state index contributed by atoms with van der Waals surface area (Å²) < 4.78 is 57.3. The number of nitrogens with zero attached hydrogens (tertiary/aromatic N) is 2. The number of hydrogen-bond acceptors (Lipinski definition) is 5. The molecule has 0 saturated carbocycles. The third-order valence-electron chi connectivity index (χ3n) is 4.22. The summed E-state index contributed by atoms with van der Waals surface area (Å²) in [5, 5.41) is 16.6. The van der Waals surface area contributed by atoms with Crippen molar-refractivity contribution in [2.24, 2.45) is 5.73 Å². The zero-order chi connectivity index (χ0) is 20.3. The molecule has 3 N–H and O–H groups in total. The van der Waals surface area contributed by atoms with Crippen LogP contribution >= 0.6 is 0 Å². The fourth-order valence-electron chi connectivity index (χ4n) is 2.80. The Morgan fingerprint density at radius 3 is 2.18 bits per heavy atom. The molecule has 5 nitrogen and oxygen atoms in total. The van der Waals surface area contributed by atoms with Gasteiger partial charge in [0.25, 0.3) is 0 Å². The lowest BCUT2D eigenvalue weighted by Crippen LogP contribution is -2.07. The van der Waals surface area contributed by atoms with Crippen LogP contribution in [0.4, 0.5) is 17.6 Å². The van der Waals surface area contributed by atoms with E-state index in [9.17, 15) is 17.6 Å². The van der Waals surface area contributed by atoms with Gasteiger partial charge in [0.1, 0.15) is 5.82 Å². The van der Waals surface area contributed by atoms with E-state index in [0.717, 1.165) is 17.2 Å². The number of aliphatic hydroxyl groups excluding tert-OH is 1. The molecule has 3 aromatic rings. The van der Waals surface area contributed by atoms with Crippen LogP contribution in [0.25, 0.3) is 22.9 Å². The van der Waals surface area contributed by atoms with E-state index in [2.05, 4.69) is 10.2 Å². The summed E-state index contributed by atoms with van der Waals surface area (Å²) in [6.07, 6.45) is -3.50. The van der Waals surface area contributed by atoms with Gasteiger partial charge in [-0.1, -0.05) is 6.07 Å². The summed E-state index contributed by atoms with van der Waals surface area (Å²) in [5.41, 5.74) is 6.88. The molecule has 0 saturated heterocycles. The van der Waals surface area contributed by atoms with E-state index >= 15 is 0 Å². The van der Waals surface area contributed by atoms with Crippen molar-refractivity contribution in [1.29, 1.82) is 0 Å². The predicted octanol–water partition coefficient (Wildman–Crippen LogP) is 3.95. The lowest BCUT2D eigenvalue weighted by atomic mass is 10.00. The second-order valence-electron chi connectivity index (χ2n) is 6.12. The van der Waals surface area contributed by atoms with Gasteiger partial charge in [-0.05, 0) is 54.3 Å². The monoisotopic (exact) mass is 395 g/mol. The van der Waals surface area contributed by atoms with Crippen LogP contribution in [0.5, 0.6) is 0 Å². The fraction of sp³-hybridized carbons (Fsp3) is 0.263. The van der Waals surface area contributed by atoms with Gasteiger partial charge in [-0.25, -0.2) is 4.39 Å². The molecule has 148 valence electrons. The molecule has 0 amide bonds. The van der Waals surface area contributed by atoms with E-state index in [-0.39, 0.29) is 30.5 Å². The Morgan fingerprint density at radius 2 is 1.61 bits per heavy atom. The Balaban J connectivity index is 1.89. The highest BCUT2D eigenvalue weighted by molar-refractivity contribution is 5.59. The molecule has 0 spiro atoms. The molecule has 0 aliphatic heterocycles. The minimum atomic E-state index is -4.78. The second kappa shape index (κ2) is 8.07. The Labute approximate surface area is 157 Å². The standard InChI is InChI=1S/C19H17F4N3O2/c20-16-9-13(5-6-15(16)19(21,22)23)18-26-25-17(28-18)12-4-3-11(2-1-7-27)14(8-12)10-24/h3-6,8-9,27H,1-2,7,10,24H2. The van der Waals surface area contributed by atoms with Gasteiger partial charge in [0.05, 0.1) is 5.56 Å². The highest BCUT2D eigenvalue weighted by Gasteiger charge is 2.34. The minimum absolute atomic E-state index is 0.0443. The number of aryl methyl sites for hydroxylation is 1. The smallest absolute Gasteiger partial charge is 0.416 e. The van der Waals surface area contributed by atoms with Crippen molar-refractivity contribution in [3.05, 3.63) is 58.9 Å². The van der Waals surface area contributed by atoms with Gasteiger partial charge in [-0.3, -0.25) is 0 Å². The van der Waals surface area contributed by atoms with Crippen LogP contribution in [-0.2, 0) is 19.1 Å². The van der Waals surface area contributed by atoms with Crippen molar-refractivity contribution in [2.45, 2.75) is 25.6 Å². The molecule has 0 fully saturated rings. The van der Waals surface area contributed by atoms with Crippen LogP contribution in [0.15, 0.2) is 40.8 Å². The molecule has 1 aromatic heterocycles. The van der Waals surface area contributed by atoms with Crippen LogP contribution in [0.2, 0.25) is 0 Å². The van der Waals surface area contributed by atoms with Gasteiger partial charge in [-0.15, -0.1) is 10.2 Å². The third kappa shape index (κ3) is 4.20. The zero-order valence-electron chi connectivity index (χ0n) is 14.6. The van der Waals surface area contributed by atoms with E-state index in [1.165, 1.54) is 0 Å². The molecule has 0 aliphatic carbocycles. The molecule has 2 aromatic carbocycles. The first kappa shape index (κ1) is 20.0. The molecule has 0 radical (unpaired) electrons. The molecule has 0 atom stereocenters. The third-order valence-corrected chi connectivity index (χ3v) is 4.22. The summed E-state index contributed by atoms with van der Waals surface area (Å²) in [6, 6.07) is 7.79. The number of aromatic nitrogens is 2. The molecule has 1 heterocycles. The molecular weight excluding hydrogens is 378 g/mol. The van der Waals surface area contributed by atoms with Crippen molar-refractivity contribution in [2.75, 3.05) is 6.61 Å². The topological polar surface area (TPSA) is 85.2 Å². The van der Waals surface area contributed by atoms with E-state index in [4.69, 9.17) is 15.3 Å². The first-order valence-corrected chi connectivity index (χ1v) is 8.47. The van der Waals surface area contributed by atoms with Gasteiger partial charge in [0, 0.05) is 24.3 Å². The Kier molecular flexibility index (Phi) is 5.76. The van der Waals surface area contributed by atoms with Crippen LogP contribution in [-0.4, -0.2) is 21.9 Å². The maximum absolute atomic E-state index is 13.8. The largest absolute Gasteiger partial charge is 0.419 e. The molecule has 0 bridgehead atoms.